The van der Waals surface area contributed by atoms with Gasteiger partial charge in [0.1, 0.15) is 0 Å². The summed E-state index contributed by atoms with van der Waals surface area (Å²) >= 11 is 1.29. The second kappa shape index (κ2) is 10.1. The Morgan fingerprint density at radius 1 is 1.17 bits per heavy atom. The van der Waals surface area contributed by atoms with E-state index in [0.29, 0.717) is 17.5 Å². The van der Waals surface area contributed by atoms with E-state index in [9.17, 15) is 4.79 Å². The lowest BCUT2D eigenvalue weighted by atomic mass is 10.1. The molecule has 0 aliphatic carbocycles. The van der Waals surface area contributed by atoms with E-state index >= 15 is 0 Å². The molecule has 0 aliphatic rings. The first-order valence-electron chi connectivity index (χ1n) is 9.90. The number of benzene rings is 2. The number of aromatic nitrogens is 3. The van der Waals surface area contributed by atoms with Crippen LogP contribution in [-0.2, 0) is 11.2 Å². The minimum absolute atomic E-state index is 0.0705. The quantitative estimate of drug-likeness (QED) is 0.535. The number of carbonyl (C=O) groups is 1. The highest BCUT2D eigenvalue weighted by Crippen LogP contribution is 2.23. The summed E-state index contributed by atoms with van der Waals surface area (Å²) < 4.78 is 0. The summed E-state index contributed by atoms with van der Waals surface area (Å²) in [5.41, 5.74) is 5.21. The van der Waals surface area contributed by atoms with Gasteiger partial charge < -0.3 is 4.90 Å². The van der Waals surface area contributed by atoms with Crippen molar-refractivity contribution < 1.29 is 4.79 Å². The molecule has 154 valence electrons. The zero-order valence-corrected chi connectivity index (χ0v) is 18.3. The monoisotopic (exact) mass is 419 g/mol. The Kier molecular flexibility index (Phi) is 7.26. The maximum atomic E-state index is 12.9. The standard InChI is InChI=1S/C23H25N5OS/c1-4-18-6-8-19(9-7-18)22-25-23(27-26-22)30-15-21(29)28(11-5-10-24)20-13-16(2)12-17(3)14-20/h6-9,12-14H,4-5,11,15H2,1-3H3,(H,25,26,27). The molecule has 6 nitrogen and oxygen atoms in total. The van der Waals surface area contributed by atoms with Crippen molar-refractivity contribution in [3.8, 4) is 17.5 Å². The van der Waals surface area contributed by atoms with Gasteiger partial charge in [0.2, 0.25) is 11.1 Å². The van der Waals surface area contributed by atoms with Crippen molar-refractivity contribution in [1.82, 2.24) is 15.2 Å². The molecule has 1 amide bonds. The van der Waals surface area contributed by atoms with Crippen LogP contribution in [0.25, 0.3) is 11.4 Å². The van der Waals surface area contributed by atoms with E-state index in [1.165, 1.54) is 17.3 Å². The number of thioether (sulfide) groups is 1. The zero-order chi connectivity index (χ0) is 21.5. The van der Waals surface area contributed by atoms with Crippen molar-refractivity contribution in [3.63, 3.8) is 0 Å². The number of nitrogens with zero attached hydrogens (tertiary/aromatic N) is 4. The van der Waals surface area contributed by atoms with Crippen LogP contribution in [0.2, 0.25) is 0 Å². The molecule has 3 rings (SSSR count). The van der Waals surface area contributed by atoms with E-state index in [-0.39, 0.29) is 18.1 Å². The SMILES string of the molecule is CCc1ccc(-c2nc(SCC(=O)N(CCC#N)c3cc(C)cc(C)c3)n[nH]2)cc1. The summed E-state index contributed by atoms with van der Waals surface area (Å²) in [6.45, 7) is 6.48. The number of anilines is 1. The lowest BCUT2D eigenvalue weighted by Crippen LogP contribution is -2.33. The van der Waals surface area contributed by atoms with E-state index < -0.39 is 0 Å². The zero-order valence-electron chi connectivity index (χ0n) is 17.5. The number of rotatable bonds is 8. The van der Waals surface area contributed by atoms with Gasteiger partial charge in [-0.25, -0.2) is 4.98 Å². The third kappa shape index (κ3) is 5.49. The Bertz CT molecular complexity index is 1030. The number of aryl methyl sites for hydroxylation is 3. The number of nitrogens with one attached hydrogen (secondary N) is 1. The summed E-state index contributed by atoms with van der Waals surface area (Å²) in [5.74, 6) is 0.812. The Balaban J connectivity index is 1.69. The van der Waals surface area contributed by atoms with Crippen molar-refractivity contribution in [2.75, 3.05) is 17.2 Å². The van der Waals surface area contributed by atoms with Crippen LogP contribution in [0.4, 0.5) is 5.69 Å². The lowest BCUT2D eigenvalue weighted by molar-refractivity contribution is -0.116. The molecule has 3 aromatic rings. The van der Waals surface area contributed by atoms with Gasteiger partial charge in [-0.05, 0) is 49.1 Å². The van der Waals surface area contributed by atoms with Crippen molar-refractivity contribution in [3.05, 3.63) is 59.2 Å². The molecular weight excluding hydrogens is 394 g/mol. The van der Waals surface area contributed by atoms with Gasteiger partial charge >= 0.3 is 0 Å². The molecule has 0 aliphatic heterocycles. The van der Waals surface area contributed by atoms with Crippen LogP contribution in [0.5, 0.6) is 0 Å². The van der Waals surface area contributed by atoms with E-state index in [0.717, 1.165) is 28.8 Å². The summed E-state index contributed by atoms with van der Waals surface area (Å²) in [6, 6.07) is 16.3. The fourth-order valence-electron chi connectivity index (χ4n) is 3.21. The maximum absolute atomic E-state index is 12.9. The van der Waals surface area contributed by atoms with E-state index in [2.05, 4.69) is 46.4 Å². The first-order valence-corrected chi connectivity index (χ1v) is 10.9. The molecule has 7 heteroatoms. The molecule has 0 unspecified atom stereocenters. The number of amides is 1. The molecule has 0 saturated carbocycles. The van der Waals surface area contributed by atoms with Gasteiger partial charge in [-0.3, -0.25) is 9.89 Å². The van der Waals surface area contributed by atoms with Crippen molar-refractivity contribution in [2.24, 2.45) is 0 Å². The van der Waals surface area contributed by atoms with Gasteiger partial charge in [0, 0.05) is 17.8 Å². The smallest absolute Gasteiger partial charge is 0.237 e. The largest absolute Gasteiger partial charge is 0.311 e. The van der Waals surface area contributed by atoms with Gasteiger partial charge in [-0.2, -0.15) is 5.26 Å². The highest BCUT2D eigenvalue weighted by molar-refractivity contribution is 7.99. The summed E-state index contributed by atoms with van der Waals surface area (Å²) in [5, 5.41) is 16.7. The number of hydrogen-bond donors (Lipinski definition) is 1. The Labute approximate surface area is 181 Å². The van der Waals surface area contributed by atoms with Gasteiger partial charge in [0.05, 0.1) is 18.2 Å². The van der Waals surface area contributed by atoms with E-state index in [1.54, 1.807) is 4.90 Å². The summed E-state index contributed by atoms with van der Waals surface area (Å²) in [6.07, 6.45) is 1.27. The molecule has 1 heterocycles. The minimum atomic E-state index is -0.0705. The molecule has 30 heavy (non-hydrogen) atoms. The third-order valence-corrected chi connectivity index (χ3v) is 5.52. The van der Waals surface area contributed by atoms with Crippen LogP contribution in [-0.4, -0.2) is 33.4 Å². The number of carbonyl (C=O) groups excluding carboxylic acids is 1. The molecule has 2 aromatic carbocycles. The normalized spacial score (nSPS) is 10.6. The predicted molar refractivity (Wildman–Crippen MR) is 120 cm³/mol. The highest BCUT2D eigenvalue weighted by atomic mass is 32.2. The summed E-state index contributed by atoms with van der Waals surface area (Å²) in [7, 11) is 0. The van der Waals surface area contributed by atoms with Crippen LogP contribution in [0.1, 0.15) is 30.0 Å². The van der Waals surface area contributed by atoms with Crippen molar-refractivity contribution >= 4 is 23.4 Å². The summed E-state index contributed by atoms with van der Waals surface area (Å²) in [4.78, 5) is 19.1. The molecule has 0 fully saturated rings. The van der Waals surface area contributed by atoms with Crippen molar-refractivity contribution in [2.45, 2.75) is 38.8 Å². The number of nitriles is 1. The van der Waals surface area contributed by atoms with E-state index in [4.69, 9.17) is 5.26 Å². The molecule has 0 radical (unpaired) electrons. The fourth-order valence-corrected chi connectivity index (χ4v) is 3.88. The maximum Gasteiger partial charge on any atom is 0.237 e. The van der Waals surface area contributed by atoms with Crippen LogP contribution < -0.4 is 4.90 Å². The molecule has 1 N–H and O–H groups in total. The van der Waals surface area contributed by atoms with Crippen LogP contribution in [0, 0.1) is 25.2 Å². The Morgan fingerprint density at radius 3 is 2.50 bits per heavy atom. The first kappa shape index (κ1) is 21.6. The molecular formula is C23H25N5OS. The average Bonchev–Trinajstić information content (AvgIpc) is 3.21. The predicted octanol–water partition coefficient (Wildman–Crippen LogP) is 4.69. The highest BCUT2D eigenvalue weighted by Gasteiger charge is 2.18. The fraction of sp³-hybridized carbons (Fsp3) is 0.304. The molecule has 0 bridgehead atoms. The first-order chi connectivity index (χ1) is 14.5. The average molecular weight is 420 g/mol. The number of hydrogen-bond acceptors (Lipinski definition) is 5. The van der Waals surface area contributed by atoms with Gasteiger partial charge in [-0.1, -0.05) is 49.0 Å². The second-order valence-corrected chi connectivity index (χ2v) is 8.05. The van der Waals surface area contributed by atoms with Gasteiger partial charge in [0.25, 0.3) is 0 Å². The van der Waals surface area contributed by atoms with Crippen molar-refractivity contribution in [1.29, 1.82) is 5.26 Å². The Morgan fingerprint density at radius 2 is 1.87 bits per heavy atom. The number of H-pyrrole nitrogens is 1. The Hall–Kier alpha value is -3.11. The van der Waals surface area contributed by atoms with Crippen LogP contribution in [0.15, 0.2) is 47.6 Å². The molecule has 0 atom stereocenters. The van der Waals surface area contributed by atoms with E-state index in [1.807, 2.05) is 38.1 Å². The third-order valence-electron chi connectivity index (χ3n) is 4.69. The second-order valence-electron chi connectivity index (χ2n) is 7.11. The lowest BCUT2D eigenvalue weighted by Gasteiger charge is -2.22. The van der Waals surface area contributed by atoms with Crippen LogP contribution in [0.3, 0.4) is 0 Å². The molecule has 0 spiro atoms. The van der Waals surface area contributed by atoms with Gasteiger partial charge in [0.15, 0.2) is 5.82 Å². The van der Waals surface area contributed by atoms with Gasteiger partial charge in [-0.15, -0.1) is 5.10 Å². The minimum Gasteiger partial charge on any atom is -0.311 e. The van der Waals surface area contributed by atoms with Crippen LogP contribution >= 0.6 is 11.8 Å². The molecule has 1 aromatic heterocycles. The molecule has 0 saturated heterocycles. The number of aromatic amines is 1. The topological polar surface area (TPSA) is 85.7 Å².